The number of nitrogens with one attached hydrogen (secondary N) is 1. The van der Waals surface area contributed by atoms with Crippen molar-refractivity contribution < 1.29 is 4.42 Å². The van der Waals surface area contributed by atoms with Gasteiger partial charge in [0.2, 0.25) is 0 Å². The van der Waals surface area contributed by atoms with E-state index in [0.717, 1.165) is 55.3 Å². The summed E-state index contributed by atoms with van der Waals surface area (Å²) in [4.78, 5) is 2.32. The molecule has 0 bridgehead atoms. The third kappa shape index (κ3) is 2.90. The van der Waals surface area contributed by atoms with Crippen molar-refractivity contribution in [1.82, 2.24) is 15.5 Å². The predicted molar refractivity (Wildman–Crippen MR) is 87.9 cm³/mol. The van der Waals surface area contributed by atoms with E-state index in [9.17, 15) is 0 Å². The number of aromatic nitrogens is 2. The van der Waals surface area contributed by atoms with E-state index in [1.165, 1.54) is 17.7 Å². The summed E-state index contributed by atoms with van der Waals surface area (Å²) < 4.78 is 6.26. The molecule has 1 aliphatic carbocycles. The molecule has 1 N–H and O–H groups in total. The van der Waals surface area contributed by atoms with Gasteiger partial charge in [-0.2, -0.15) is 5.10 Å². The van der Waals surface area contributed by atoms with Crippen LogP contribution in [0.5, 0.6) is 0 Å². The zero-order chi connectivity index (χ0) is 14.9. The van der Waals surface area contributed by atoms with Crippen LogP contribution in [0.2, 0.25) is 0 Å². The molecular weight excluding hydrogens is 344 g/mol. The summed E-state index contributed by atoms with van der Waals surface area (Å²) >= 11 is 3.32. The lowest BCUT2D eigenvalue weighted by molar-refractivity contribution is 0.369. The smallest absolute Gasteiger partial charge is 0.169 e. The fourth-order valence-corrected chi connectivity index (χ4v) is 3.54. The SMILES string of the molecule is Brc1ccc(CNCC2CN(c3cc4c(nn3)CCC4)C2)o1. The highest BCUT2D eigenvalue weighted by atomic mass is 79.9. The van der Waals surface area contributed by atoms with E-state index in [1.807, 2.05) is 12.1 Å². The van der Waals surface area contributed by atoms with Gasteiger partial charge >= 0.3 is 0 Å². The average Bonchev–Trinajstić information content (AvgIpc) is 3.09. The molecule has 1 fully saturated rings. The zero-order valence-electron chi connectivity index (χ0n) is 12.4. The second-order valence-corrected chi connectivity index (χ2v) is 6.92. The highest BCUT2D eigenvalue weighted by molar-refractivity contribution is 9.10. The fourth-order valence-electron chi connectivity index (χ4n) is 3.20. The summed E-state index contributed by atoms with van der Waals surface area (Å²) in [6, 6.07) is 6.15. The predicted octanol–water partition coefficient (Wildman–Crippen LogP) is 2.55. The monoisotopic (exact) mass is 362 g/mol. The van der Waals surface area contributed by atoms with Gasteiger partial charge in [0.1, 0.15) is 5.76 Å². The molecule has 4 rings (SSSR count). The first-order valence-electron chi connectivity index (χ1n) is 7.83. The number of aryl methyl sites for hydroxylation is 2. The van der Waals surface area contributed by atoms with Crippen LogP contribution >= 0.6 is 15.9 Å². The summed E-state index contributed by atoms with van der Waals surface area (Å²) in [5.41, 5.74) is 2.60. The Bertz CT molecular complexity index is 666. The molecule has 22 heavy (non-hydrogen) atoms. The van der Waals surface area contributed by atoms with Crippen molar-refractivity contribution in [1.29, 1.82) is 0 Å². The van der Waals surface area contributed by atoms with Crippen molar-refractivity contribution in [3.05, 3.63) is 39.9 Å². The summed E-state index contributed by atoms with van der Waals surface area (Å²) in [6.45, 7) is 3.90. The van der Waals surface area contributed by atoms with Gasteiger partial charge in [-0.25, -0.2) is 0 Å². The van der Waals surface area contributed by atoms with E-state index in [2.05, 4.69) is 42.4 Å². The van der Waals surface area contributed by atoms with Gasteiger partial charge in [-0.3, -0.25) is 0 Å². The van der Waals surface area contributed by atoms with Crippen LogP contribution in [-0.2, 0) is 19.4 Å². The highest BCUT2D eigenvalue weighted by Gasteiger charge is 2.28. The second-order valence-electron chi connectivity index (χ2n) is 6.14. The van der Waals surface area contributed by atoms with E-state index in [-0.39, 0.29) is 0 Å². The van der Waals surface area contributed by atoms with Crippen LogP contribution in [0, 0.1) is 5.92 Å². The Morgan fingerprint density at radius 1 is 1.27 bits per heavy atom. The maximum Gasteiger partial charge on any atom is 0.169 e. The number of nitrogens with zero attached hydrogens (tertiary/aromatic N) is 3. The number of rotatable bonds is 5. The number of hydrogen-bond donors (Lipinski definition) is 1. The molecule has 0 amide bonds. The molecule has 0 aromatic carbocycles. The molecular formula is C16H19BrN4O. The minimum atomic E-state index is 0.674. The van der Waals surface area contributed by atoms with Gasteiger partial charge in [-0.1, -0.05) is 0 Å². The van der Waals surface area contributed by atoms with Gasteiger partial charge in [-0.05, 0) is 59.0 Å². The summed E-state index contributed by atoms with van der Waals surface area (Å²) in [5.74, 6) is 2.69. The van der Waals surface area contributed by atoms with Gasteiger partial charge in [0, 0.05) is 25.6 Å². The van der Waals surface area contributed by atoms with Crippen molar-refractivity contribution in [2.45, 2.75) is 25.8 Å². The fraction of sp³-hybridized carbons (Fsp3) is 0.500. The first-order chi connectivity index (χ1) is 10.8. The van der Waals surface area contributed by atoms with Crippen molar-refractivity contribution in [3.63, 3.8) is 0 Å². The van der Waals surface area contributed by atoms with Crippen LogP contribution in [0.25, 0.3) is 0 Å². The Kier molecular flexibility index (Phi) is 3.88. The van der Waals surface area contributed by atoms with E-state index in [1.54, 1.807) is 0 Å². The van der Waals surface area contributed by atoms with E-state index in [4.69, 9.17) is 4.42 Å². The topological polar surface area (TPSA) is 54.2 Å². The molecule has 0 radical (unpaired) electrons. The number of halogens is 1. The zero-order valence-corrected chi connectivity index (χ0v) is 14.0. The normalized spacial score (nSPS) is 17.6. The second kappa shape index (κ2) is 6.01. The molecule has 0 unspecified atom stereocenters. The van der Waals surface area contributed by atoms with Crippen LogP contribution in [0.4, 0.5) is 5.82 Å². The molecule has 2 aromatic heterocycles. The van der Waals surface area contributed by atoms with Crippen molar-refractivity contribution in [3.8, 4) is 0 Å². The molecule has 0 spiro atoms. The quantitative estimate of drug-likeness (QED) is 0.885. The van der Waals surface area contributed by atoms with Crippen LogP contribution < -0.4 is 10.2 Å². The minimum absolute atomic E-state index is 0.674. The Hall–Kier alpha value is -1.40. The molecule has 0 atom stereocenters. The lowest BCUT2D eigenvalue weighted by Crippen LogP contribution is -2.51. The third-order valence-electron chi connectivity index (χ3n) is 4.45. The van der Waals surface area contributed by atoms with Gasteiger partial charge in [0.15, 0.2) is 10.5 Å². The molecule has 1 saturated heterocycles. The minimum Gasteiger partial charge on any atom is -0.453 e. The van der Waals surface area contributed by atoms with Crippen molar-refractivity contribution >= 4 is 21.7 Å². The molecule has 6 heteroatoms. The van der Waals surface area contributed by atoms with E-state index >= 15 is 0 Å². The largest absolute Gasteiger partial charge is 0.453 e. The van der Waals surface area contributed by atoms with Gasteiger partial charge in [0.25, 0.3) is 0 Å². The molecule has 2 aliphatic rings. The third-order valence-corrected chi connectivity index (χ3v) is 4.88. The van der Waals surface area contributed by atoms with Gasteiger partial charge in [0.05, 0.1) is 12.2 Å². The number of anilines is 1. The lowest BCUT2D eigenvalue weighted by atomic mass is 10.00. The van der Waals surface area contributed by atoms with E-state index in [0.29, 0.717) is 5.92 Å². The number of furan rings is 1. The maximum atomic E-state index is 5.48. The van der Waals surface area contributed by atoms with Crippen molar-refractivity contribution in [2.75, 3.05) is 24.5 Å². The highest BCUT2D eigenvalue weighted by Crippen LogP contribution is 2.26. The maximum absolute atomic E-state index is 5.48. The molecule has 3 heterocycles. The first-order valence-corrected chi connectivity index (χ1v) is 8.62. The number of hydrogen-bond acceptors (Lipinski definition) is 5. The average molecular weight is 363 g/mol. The van der Waals surface area contributed by atoms with E-state index < -0.39 is 0 Å². The Balaban J connectivity index is 1.24. The van der Waals surface area contributed by atoms with Crippen molar-refractivity contribution in [2.24, 2.45) is 5.92 Å². The summed E-state index contributed by atoms with van der Waals surface area (Å²) in [6.07, 6.45) is 3.48. The van der Waals surface area contributed by atoms with Crippen LogP contribution in [0.15, 0.2) is 27.3 Å². The van der Waals surface area contributed by atoms with Gasteiger partial charge in [-0.15, -0.1) is 5.10 Å². The molecule has 5 nitrogen and oxygen atoms in total. The lowest BCUT2D eigenvalue weighted by Gasteiger charge is -2.40. The molecule has 1 aliphatic heterocycles. The number of fused-ring (bicyclic) bond motifs is 1. The Morgan fingerprint density at radius 2 is 2.18 bits per heavy atom. The summed E-state index contributed by atoms with van der Waals surface area (Å²) in [5, 5.41) is 12.2. The molecule has 2 aromatic rings. The van der Waals surface area contributed by atoms with Gasteiger partial charge < -0.3 is 14.6 Å². The van der Waals surface area contributed by atoms with Crippen LogP contribution in [0.1, 0.15) is 23.4 Å². The molecule has 0 saturated carbocycles. The molecule has 116 valence electrons. The summed E-state index contributed by atoms with van der Waals surface area (Å²) in [7, 11) is 0. The van der Waals surface area contributed by atoms with Crippen LogP contribution in [-0.4, -0.2) is 29.8 Å². The van der Waals surface area contributed by atoms with Crippen LogP contribution in [0.3, 0.4) is 0 Å². The Morgan fingerprint density at radius 3 is 3.00 bits per heavy atom. The Labute approximate surface area is 138 Å². The first kappa shape index (κ1) is 14.2. The standard InChI is InChI=1S/C16H19BrN4O/c17-15-5-4-13(22-15)8-18-7-11-9-21(10-11)16-6-12-2-1-3-14(12)19-20-16/h4-6,11,18H,1-3,7-10H2.